The predicted octanol–water partition coefficient (Wildman–Crippen LogP) is 3.10. The van der Waals surface area contributed by atoms with Crippen molar-refractivity contribution in [2.45, 2.75) is 18.9 Å². The van der Waals surface area contributed by atoms with Gasteiger partial charge in [-0.2, -0.15) is 0 Å². The van der Waals surface area contributed by atoms with Gasteiger partial charge in [-0.1, -0.05) is 0 Å². The molecule has 0 radical (unpaired) electrons. The molecule has 0 aromatic heterocycles. The summed E-state index contributed by atoms with van der Waals surface area (Å²) in [5, 5.41) is 9.31. The standard InChI is InChI=1S/C12H12I3NO2/c13-7-4-9(11(15)10(14)5-7)12(18)16-3-1-2-8(16)6-17/h4-5,8,17H,1-3,6H2/t8-/m0/s1. The van der Waals surface area contributed by atoms with Crippen molar-refractivity contribution in [3.8, 4) is 0 Å². The van der Waals surface area contributed by atoms with Gasteiger partial charge in [0.05, 0.1) is 18.2 Å². The van der Waals surface area contributed by atoms with Gasteiger partial charge in [-0.05, 0) is 92.7 Å². The lowest BCUT2D eigenvalue weighted by molar-refractivity contribution is 0.0676. The molecule has 0 bridgehead atoms. The lowest BCUT2D eigenvalue weighted by atomic mass is 10.2. The van der Waals surface area contributed by atoms with Crippen LogP contribution in [0, 0.1) is 10.7 Å². The number of rotatable bonds is 2. The highest BCUT2D eigenvalue weighted by molar-refractivity contribution is 14.1. The first-order valence-corrected chi connectivity index (χ1v) is 8.84. The molecule has 2 rings (SSSR count). The van der Waals surface area contributed by atoms with Crippen LogP contribution in [0.3, 0.4) is 0 Å². The summed E-state index contributed by atoms with van der Waals surface area (Å²) < 4.78 is 3.17. The third-order valence-electron chi connectivity index (χ3n) is 3.07. The minimum Gasteiger partial charge on any atom is -0.394 e. The number of benzene rings is 1. The van der Waals surface area contributed by atoms with E-state index < -0.39 is 0 Å². The van der Waals surface area contributed by atoms with Crippen LogP contribution in [0.1, 0.15) is 23.2 Å². The molecule has 3 nitrogen and oxygen atoms in total. The van der Waals surface area contributed by atoms with E-state index in [0.717, 1.165) is 35.7 Å². The van der Waals surface area contributed by atoms with E-state index in [2.05, 4.69) is 73.8 Å². The van der Waals surface area contributed by atoms with Crippen molar-refractivity contribution >= 4 is 73.7 Å². The SMILES string of the molecule is O=C(c1cc(I)cc(I)c1I)N1CCC[C@H]1CO. The number of carbonyl (C=O) groups is 1. The molecule has 1 amide bonds. The second-order valence-corrected chi connectivity index (χ2v) is 7.71. The first kappa shape index (κ1) is 15.2. The van der Waals surface area contributed by atoms with E-state index >= 15 is 0 Å². The van der Waals surface area contributed by atoms with Crippen molar-refractivity contribution < 1.29 is 9.90 Å². The minimum absolute atomic E-state index is 0.0103. The zero-order valence-electron chi connectivity index (χ0n) is 9.50. The summed E-state index contributed by atoms with van der Waals surface area (Å²) >= 11 is 6.71. The molecule has 1 aliphatic rings. The van der Waals surface area contributed by atoms with Gasteiger partial charge in [0.1, 0.15) is 0 Å². The Labute approximate surface area is 147 Å². The molecule has 1 heterocycles. The number of hydrogen-bond donors (Lipinski definition) is 1. The van der Waals surface area contributed by atoms with Crippen LogP contribution in [0.2, 0.25) is 0 Å². The second kappa shape index (κ2) is 6.53. The largest absolute Gasteiger partial charge is 0.394 e. The Morgan fingerprint density at radius 3 is 2.78 bits per heavy atom. The van der Waals surface area contributed by atoms with Crippen LogP contribution in [0.5, 0.6) is 0 Å². The van der Waals surface area contributed by atoms with Crippen LogP contribution in [-0.4, -0.2) is 35.1 Å². The normalized spacial score (nSPS) is 19.3. The third-order valence-corrected chi connectivity index (χ3v) is 6.74. The number of likely N-dealkylation sites (tertiary alicyclic amines) is 1. The molecule has 1 aliphatic heterocycles. The monoisotopic (exact) mass is 583 g/mol. The maximum Gasteiger partial charge on any atom is 0.255 e. The summed E-state index contributed by atoms with van der Waals surface area (Å²) in [6.45, 7) is 0.811. The van der Waals surface area contributed by atoms with Crippen LogP contribution in [0.4, 0.5) is 0 Å². The molecule has 1 fully saturated rings. The van der Waals surface area contributed by atoms with Crippen LogP contribution in [0.25, 0.3) is 0 Å². The smallest absolute Gasteiger partial charge is 0.255 e. The molecule has 1 saturated heterocycles. The van der Waals surface area contributed by atoms with Gasteiger partial charge in [-0.3, -0.25) is 4.79 Å². The average Bonchev–Trinajstić information content (AvgIpc) is 2.81. The van der Waals surface area contributed by atoms with Crippen molar-refractivity contribution in [3.63, 3.8) is 0 Å². The molecular formula is C12H12I3NO2. The number of aliphatic hydroxyl groups is 1. The van der Waals surface area contributed by atoms with Crippen LogP contribution >= 0.6 is 67.8 Å². The molecule has 18 heavy (non-hydrogen) atoms. The highest BCUT2D eigenvalue weighted by Crippen LogP contribution is 2.26. The lowest BCUT2D eigenvalue weighted by Gasteiger charge is -2.24. The average molecular weight is 583 g/mol. The molecule has 98 valence electrons. The second-order valence-electron chi connectivity index (χ2n) is 4.23. The van der Waals surface area contributed by atoms with Crippen LogP contribution in [-0.2, 0) is 0 Å². The summed E-state index contributed by atoms with van der Waals surface area (Å²) in [6, 6.07) is 3.98. The van der Waals surface area contributed by atoms with Crippen molar-refractivity contribution in [3.05, 3.63) is 28.4 Å². The van der Waals surface area contributed by atoms with Gasteiger partial charge in [0.2, 0.25) is 0 Å². The first-order valence-electron chi connectivity index (χ1n) is 5.61. The molecule has 1 atom stereocenters. The molecule has 1 aromatic rings. The number of amides is 1. The Morgan fingerprint density at radius 2 is 2.11 bits per heavy atom. The fourth-order valence-corrected chi connectivity index (χ4v) is 4.55. The zero-order valence-corrected chi connectivity index (χ0v) is 16.0. The van der Waals surface area contributed by atoms with Gasteiger partial charge in [0.25, 0.3) is 5.91 Å². The van der Waals surface area contributed by atoms with Gasteiger partial charge in [-0.15, -0.1) is 0 Å². The predicted molar refractivity (Wildman–Crippen MR) is 95.7 cm³/mol. The van der Waals surface area contributed by atoms with E-state index in [-0.39, 0.29) is 18.6 Å². The number of carbonyl (C=O) groups excluding carboxylic acids is 1. The number of aliphatic hydroxyl groups excluding tert-OH is 1. The topological polar surface area (TPSA) is 40.5 Å². The van der Waals surface area contributed by atoms with Crippen LogP contribution < -0.4 is 0 Å². The van der Waals surface area contributed by atoms with E-state index in [0.29, 0.717) is 0 Å². The van der Waals surface area contributed by atoms with E-state index in [4.69, 9.17) is 0 Å². The van der Waals surface area contributed by atoms with Crippen molar-refractivity contribution in [1.29, 1.82) is 0 Å². The number of hydrogen-bond acceptors (Lipinski definition) is 2. The fraction of sp³-hybridized carbons (Fsp3) is 0.417. The summed E-state index contributed by atoms with van der Waals surface area (Å²) in [5.74, 6) is 0.0485. The van der Waals surface area contributed by atoms with Gasteiger partial charge in [-0.25, -0.2) is 0 Å². The first-order chi connectivity index (χ1) is 8.54. The number of nitrogens with zero attached hydrogens (tertiary/aromatic N) is 1. The molecule has 6 heteroatoms. The molecular weight excluding hydrogens is 571 g/mol. The Morgan fingerprint density at radius 1 is 1.39 bits per heavy atom. The highest BCUT2D eigenvalue weighted by Gasteiger charge is 2.30. The van der Waals surface area contributed by atoms with Crippen molar-refractivity contribution in [2.75, 3.05) is 13.2 Å². The molecule has 0 unspecified atom stereocenters. The Hall–Kier alpha value is 0.840. The maximum atomic E-state index is 12.5. The zero-order chi connectivity index (χ0) is 13.3. The molecule has 1 aromatic carbocycles. The Balaban J connectivity index is 2.34. The van der Waals surface area contributed by atoms with Crippen molar-refractivity contribution in [1.82, 2.24) is 4.90 Å². The molecule has 0 spiro atoms. The van der Waals surface area contributed by atoms with Crippen LogP contribution in [0.15, 0.2) is 12.1 Å². The molecule has 1 N–H and O–H groups in total. The Kier molecular flexibility index (Phi) is 5.52. The van der Waals surface area contributed by atoms with Crippen molar-refractivity contribution in [2.24, 2.45) is 0 Å². The fourth-order valence-electron chi connectivity index (χ4n) is 2.16. The van der Waals surface area contributed by atoms with E-state index in [1.807, 2.05) is 11.0 Å². The van der Waals surface area contributed by atoms with Gasteiger partial charge >= 0.3 is 0 Å². The Bertz CT molecular complexity index is 479. The van der Waals surface area contributed by atoms with Gasteiger partial charge in [0.15, 0.2) is 0 Å². The number of halogens is 3. The van der Waals surface area contributed by atoms with Gasteiger partial charge in [0, 0.05) is 17.3 Å². The summed E-state index contributed by atoms with van der Waals surface area (Å²) in [6.07, 6.45) is 1.88. The van der Waals surface area contributed by atoms with E-state index in [9.17, 15) is 9.90 Å². The highest BCUT2D eigenvalue weighted by atomic mass is 127. The lowest BCUT2D eigenvalue weighted by Crippen LogP contribution is -2.38. The maximum absolute atomic E-state index is 12.5. The molecule has 0 saturated carbocycles. The quantitative estimate of drug-likeness (QED) is 0.430. The molecule has 0 aliphatic carbocycles. The summed E-state index contributed by atoms with van der Waals surface area (Å²) in [5.41, 5.74) is 0.757. The summed E-state index contributed by atoms with van der Waals surface area (Å²) in [7, 11) is 0. The summed E-state index contributed by atoms with van der Waals surface area (Å²) in [4.78, 5) is 14.4. The third kappa shape index (κ3) is 3.11. The van der Waals surface area contributed by atoms with E-state index in [1.54, 1.807) is 0 Å². The minimum atomic E-state index is -0.0103. The van der Waals surface area contributed by atoms with Gasteiger partial charge < -0.3 is 10.0 Å². The van der Waals surface area contributed by atoms with E-state index in [1.165, 1.54) is 0 Å².